The number of aromatic nitrogens is 4. The van der Waals surface area contributed by atoms with E-state index in [0.29, 0.717) is 6.07 Å². The Balaban J connectivity index is 1.81. The van der Waals surface area contributed by atoms with Gasteiger partial charge in [-0.3, -0.25) is 14.2 Å². The number of rotatable bonds is 4. The van der Waals surface area contributed by atoms with Gasteiger partial charge in [-0.2, -0.15) is 23.4 Å². The summed E-state index contributed by atoms with van der Waals surface area (Å²) in [7, 11) is 1.20. The molecule has 0 saturated carbocycles. The standard InChI is InChI=1S/C16H11Cl2F4N5O/c1-26-12(5-13(24-26)16(20,21)22)15(28)23-14-10(18)7-27(25-14)6-8-9(17)3-2-4-11(8)19/h2-5,7H,6H2,1H3,(H,23,25,28). The molecule has 0 aliphatic heterocycles. The minimum Gasteiger partial charge on any atom is -0.302 e. The summed E-state index contributed by atoms with van der Waals surface area (Å²) in [6, 6.07) is 4.80. The van der Waals surface area contributed by atoms with Gasteiger partial charge in [0.2, 0.25) is 0 Å². The van der Waals surface area contributed by atoms with Crippen molar-refractivity contribution in [3.8, 4) is 0 Å². The van der Waals surface area contributed by atoms with Crippen LogP contribution in [0, 0.1) is 5.82 Å². The van der Waals surface area contributed by atoms with E-state index in [9.17, 15) is 22.4 Å². The fourth-order valence-corrected chi connectivity index (χ4v) is 2.82. The lowest BCUT2D eigenvalue weighted by molar-refractivity contribution is -0.141. The molecule has 2 heterocycles. The molecule has 0 radical (unpaired) electrons. The first-order chi connectivity index (χ1) is 13.1. The number of nitrogens with one attached hydrogen (secondary N) is 1. The van der Waals surface area contributed by atoms with Crippen LogP contribution < -0.4 is 5.32 Å². The van der Waals surface area contributed by atoms with Crippen molar-refractivity contribution < 1.29 is 22.4 Å². The Kier molecular flexibility index (Phi) is 5.35. The topological polar surface area (TPSA) is 64.7 Å². The Morgan fingerprint density at radius 3 is 2.54 bits per heavy atom. The summed E-state index contributed by atoms with van der Waals surface area (Å²) >= 11 is 12.0. The minimum atomic E-state index is -4.69. The maximum absolute atomic E-state index is 13.9. The molecule has 1 N–H and O–H groups in total. The van der Waals surface area contributed by atoms with Crippen molar-refractivity contribution in [3.63, 3.8) is 0 Å². The van der Waals surface area contributed by atoms with Gasteiger partial charge in [0, 0.05) is 29.9 Å². The molecule has 2 aromatic heterocycles. The van der Waals surface area contributed by atoms with E-state index in [1.54, 1.807) is 0 Å². The molecule has 12 heteroatoms. The summed E-state index contributed by atoms with van der Waals surface area (Å²) in [5, 5.41) is 9.79. The second-order valence-electron chi connectivity index (χ2n) is 5.71. The van der Waals surface area contributed by atoms with E-state index in [-0.39, 0.29) is 33.7 Å². The molecular weight excluding hydrogens is 425 g/mol. The van der Waals surface area contributed by atoms with Gasteiger partial charge in [-0.1, -0.05) is 29.3 Å². The summed E-state index contributed by atoms with van der Waals surface area (Å²) < 4.78 is 54.1. The average molecular weight is 436 g/mol. The van der Waals surface area contributed by atoms with E-state index in [1.807, 2.05) is 0 Å². The van der Waals surface area contributed by atoms with Crippen LogP contribution in [0.25, 0.3) is 0 Å². The van der Waals surface area contributed by atoms with E-state index >= 15 is 0 Å². The van der Waals surface area contributed by atoms with Crippen molar-refractivity contribution in [1.82, 2.24) is 19.6 Å². The van der Waals surface area contributed by atoms with Gasteiger partial charge < -0.3 is 5.32 Å². The van der Waals surface area contributed by atoms with Gasteiger partial charge in [0.05, 0.1) is 6.54 Å². The number of carbonyl (C=O) groups is 1. The summed E-state index contributed by atoms with van der Waals surface area (Å²) in [5.41, 5.74) is -1.37. The van der Waals surface area contributed by atoms with E-state index < -0.39 is 23.6 Å². The second-order valence-corrected chi connectivity index (χ2v) is 6.53. The van der Waals surface area contributed by atoms with Crippen LogP contribution in [0.3, 0.4) is 0 Å². The largest absolute Gasteiger partial charge is 0.435 e. The molecule has 0 saturated heterocycles. The predicted molar refractivity (Wildman–Crippen MR) is 93.9 cm³/mol. The van der Waals surface area contributed by atoms with Gasteiger partial charge in [-0.15, -0.1) is 0 Å². The van der Waals surface area contributed by atoms with Crippen LogP contribution in [0.4, 0.5) is 23.4 Å². The van der Waals surface area contributed by atoms with Crippen molar-refractivity contribution >= 4 is 34.9 Å². The Hall–Kier alpha value is -2.59. The Labute approximate surface area is 165 Å². The highest BCUT2D eigenvalue weighted by atomic mass is 35.5. The first-order valence-corrected chi connectivity index (χ1v) is 8.40. The SMILES string of the molecule is Cn1nc(C(F)(F)F)cc1C(=O)Nc1nn(Cc2c(F)cccc2Cl)cc1Cl. The average Bonchev–Trinajstić information content (AvgIpc) is 3.14. The van der Waals surface area contributed by atoms with Crippen molar-refractivity contribution in [3.05, 3.63) is 63.3 Å². The first kappa shape index (κ1) is 20.2. The molecule has 1 amide bonds. The number of anilines is 1. The smallest absolute Gasteiger partial charge is 0.302 e. The van der Waals surface area contributed by atoms with Crippen LogP contribution in [0.1, 0.15) is 21.7 Å². The van der Waals surface area contributed by atoms with Crippen molar-refractivity contribution in [2.45, 2.75) is 12.7 Å². The van der Waals surface area contributed by atoms with Gasteiger partial charge in [0.15, 0.2) is 11.5 Å². The number of benzene rings is 1. The fourth-order valence-electron chi connectivity index (χ4n) is 2.40. The molecule has 3 aromatic rings. The summed E-state index contributed by atoms with van der Waals surface area (Å²) in [4.78, 5) is 12.3. The molecule has 0 bridgehead atoms. The fraction of sp³-hybridized carbons (Fsp3) is 0.188. The maximum Gasteiger partial charge on any atom is 0.435 e. The molecule has 0 fully saturated rings. The Bertz CT molecular complexity index is 1020. The molecule has 0 aliphatic rings. The molecule has 1 aromatic carbocycles. The van der Waals surface area contributed by atoms with E-state index in [4.69, 9.17) is 23.2 Å². The number of carbonyl (C=O) groups excluding carboxylic acids is 1. The molecule has 28 heavy (non-hydrogen) atoms. The molecule has 0 unspecified atom stereocenters. The highest BCUT2D eigenvalue weighted by Gasteiger charge is 2.35. The van der Waals surface area contributed by atoms with Crippen LogP contribution >= 0.6 is 23.2 Å². The lowest BCUT2D eigenvalue weighted by Gasteiger charge is -2.06. The zero-order valence-corrected chi connectivity index (χ0v) is 15.6. The molecule has 3 rings (SSSR count). The van der Waals surface area contributed by atoms with Crippen LogP contribution in [-0.4, -0.2) is 25.5 Å². The van der Waals surface area contributed by atoms with Crippen LogP contribution in [0.2, 0.25) is 10.0 Å². The maximum atomic E-state index is 13.9. The number of hydrogen-bond acceptors (Lipinski definition) is 3. The molecular formula is C16H11Cl2F4N5O. The number of nitrogens with zero attached hydrogens (tertiary/aromatic N) is 4. The van der Waals surface area contributed by atoms with Crippen LogP contribution in [-0.2, 0) is 19.8 Å². The van der Waals surface area contributed by atoms with Crippen LogP contribution in [0.5, 0.6) is 0 Å². The van der Waals surface area contributed by atoms with E-state index in [0.717, 1.165) is 4.68 Å². The molecule has 148 valence electrons. The van der Waals surface area contributed by atoms with Crippen LogP contribution in [0.15, 0.2) is 30.5 Å². The van der Waals surface area contributed by atoms with Crippen molar-refractivity contribution in [1.29, 1.82) is 0 Å². The lowest BCUT2D eigenvalue weighted by Crippen LogP contribution is -2.17. The normalized spacial score (nSPS) is 11.7. The summed E-state index contributed by atoms with van der Waals surface area (Å²) in [6.45, 7) is -0.0645. The number of amides is 1. The third-order valence-corrected chi connectivity index (χ3v) is 4.36. The predicted octanol–water partition coefficient (Wildman–Crippen LogP) is 4.38. The lowest BCUT2D eigenvalue weighted by atomic mass is 10.2. The number of hydrogen-bond donors (Lipinski definition) is 1. The van der Waals surface area contributed by atoms with Gasteiger partial charge >= 0.3 is 6.18 Å². The second kappa shape index (κ2) is 7.44. The highest BCUT2D eigenvalue weighted by molar-refractivity contribution is 6.33. The quantitative estimate of drug-likeness (QED) is 0.618. The highest BCUT2D eigenvalue weighted by Crippen LogP contribution is 2.29. The monoisotopic (exact) mass is 435 g/mol. The molecule has 6 nitrogen and oxygen atoms in total. The van der Waals surface area contributed by atoms with Gasteiger partial charge in [0.1, 0.15) is 16.5 Å². The Morgan fingerprint density at radius 2 is 1.93 bits per heavy atom. The number of aryl methyl sites for hydroxylation is 1. The zero-order chi connectivity index (χ0) is 20.6. The van der Waals surface area contributed by atoms with Gasteiger partial charge in [-0.25, -0.2) is 4.39 Å². The molecule has 0 aliphatic carbocycles. The van der Waals surface area contributed by atoms with E-state index in [2.05, 4.69) is 15.5 Å². The third-order valence-electron chi connectivity index (χ3n) is 3.73. The van der Waals surface area contributed by atoms with Crippen molar-refractivity contribution in [2.24, 2.45) is 7.05 Å². The zero-order valence-electron chi connectivity index (χ0n) is 14.1. The summed E-state index contributed by atoms with van der Waals surface area (Å²) in [6.07, 6.45) is -3.36. The molecule has 0 atom stereocenters. The summed E-state index contributed by atoms with van der Waals surface area (Å²) in [5.74, 6) is -1.53. The van der Waals surface area contributed by atoms with Crippen molar-refractivity contribution in [2.75, 3.05) is 5.32 Å². The first-order valence-electron chi connectivity index (χ1n) is 7.64. The minimum absolute atomic E-state index is 0.0130. The number of alkyl halides is 3. The third kappa shape index (κ3) is 4.12. The Morgan fingerprint density at radius 1 is 1.21 bits per heavy atom. The van der Waals surface area contributed by atoms with Gasteiger partial charge in [-0.05, 0) is 12.1 Å². The number of halogens is 6. The molecule has 0 spiro atoms. The van der Waals surface area contributed by atoms with E-state index in [1.165, 1.54) is 36.1 Å². The van der Waals surface area contributed by atoms with Gasteiger partial charge in [0.25, 0.3) is 5.91 Å².